The number of benzene rings is 2. The number of nitrogens with one attached hydrogen (secondary N) is 1. The summed E-state index contributed by atoms with van der Waals surface area (Å²) < 4.78 is 40.0. The second-order valence-corrected chi connectivity index (χ2v) is 8.51. The molecule has 8 heteroatoms. The Kier molecular flexibility index (Phi) is 5.88. The number of sulfonamides is 1. The summed E-state index contributed by atoms with van der Waals surface area (Å²) in [5.74, 6) is -0.590. The predicted molar refractivity (Wildman–Crippen MR) is 101 cm³/mol. The number of carbonyl (C=O) groups is 1. The smallest absolute Gasteiger partial charge is 0.281 e. The molecule has 1 N–H and O–H groups in total. The maximum Gasteiger partial charge on any atom is 0.281 e. The Hall–Kier alpha value is -2.29. The third-order valence-electron chi connectivity index (χ3n) is 4.78. The molecule has 3 rings (SSSR count). The van der Waals surface area contributed by atoms with E-state index in [1.54, 1.807) is 11.9 Å². The number of halogens is 1. The van der Waals surface area contributed by atoms with Gasteiger partial charge in [0.15, 0.2) is 6.54 Å². The van der Waals surface area contributed by atoms with Crippen LogP contribution in [-0.4, -0.2) is 58.4 Å². The van der Waals surface area contributed by atoms with Gasteiger partial charge in [-0.2, -0.15) is 4.31 Å². The topological polar surface area (TPSA) is 62.1 Å². The van der Waals surface area contributed by atoms with Crippen LogP contribution in [0.15, 0.2) is 59.5 Å². The van der Waals surface area contributed by atoms with Gasteiger partial charge in [-0.3, -0.25) is 4.79 Å². The molecule has 0 saturated carbocycles. The number of rotatable bonds is 5. The molecule has 1 aliphatic rings. The highest BCUT2D eigenvalue weighted by molar-refractivity contribution is 7.89. The van der Waals surface area contributed by atoms with E-state index < -0.39 is 15.8 Å². The van der Waals surface area contributed by atoms with Gasteiger partial charge in [-0.15, -0.1) is 0 Å². The molecular weight excluding hydrogens is 369 g/mol. The van der Waals surface area contributed by atoms with Crippen LogP contribution in [0.4, 0.5) is 10.1 Å². The monoisotopic (exact) mass is 392 g/mol. The van der Waals surface area contributed by atoms with Crippen LogP contribution in [-0.2, 0) is 14.8 Å². The summed E-state index contributed by atoms with van der Waals surface area (Å²) >= 11 is 0. The highest BCUT2D eigenvalue weighted by Crippen LogP contribution is 2.16. The minimum atomic E-state index is -3.71. The number of hydrogen-bond donors (Lipinski definition) is 1. The van der Waals surface area contributed by atoms with Crippen molar-refractivity contribution in [3.05, 3.63) is 60.4 Å². The van der Waals surface area contributed by atoms with Crippen LogP contribution in [0.2, 0.25) is 0 Å². The number of piperazine rings is 1. The second-order valence-electron chi connectivity index (χ2n) is 6.58. The van der Waals surface area contributed by atoms with Crippen molar-refractivity contribution in [1.29, 1.82) is 0 Å². The van der Waals surface area contributed by atoms with Crippen molar-refractivity contribution in [3.8, 4) is 0 Å². The van der Waals surface area contributed by atoms with Gasteiger partial charge < -0.3 is 9.80 Å². The molecule has 144 valence electrons. The van der Waals surface area contributed by atoms with Crippen LogP contribution in [0.5, 0.6) is 0 Å². The molecule has 1 heterocycles. The van der Waals surface area contributed by atoms with E-state index >= 15 is 0 Å². The van der Waals surface area contributed by atoms with E-state index in [0.717, 1.165) is 16.7 Å². The number of anilines is 1. The van der Waals surface area contributed by atoms with E-state index in [4.69, 9.17) is 0 Å². The quantitative estimate of drug-likeness (QED) is 0.800. The zero-order chi connectivity index (χ0) is 19.4. The van der Waals surface area contributed by atoms with E-state index in [-0.39, 0.29) is 10.8 Å². The first-order valence-corrected chi connectivity index (χ1v) is 10.2. The molecule has 1 saturated heterocycles. The van der Waals surface area contributed by atoms with E-state index in [1.807, 2.05) is 30.3 Å². The first kappa shape index (κ1) is 19.5. The van der Waals surface area contributed by atoms with Crippen LogP contribution >= 0.6 is 0 Å². The minimum absolute atomic E-state index is 0.0161. The summed E-state index contributed by atoms with van der Waals surface area (Å²) in [5.41, 5.74) is 0.828. The molecule has 0 spiro atoms. The fourth-order valence-electron chi connectivity index (χ4n) is 3.12. The zero-order valence-corrected chi connectivity index (χ0v) is 16.0. The Balaban J connectivity index is 1.58. The largest absolute Gasteiger partial charge is 0.325 e. The molecule has 1 amide bonds. The lowest BCUT2D eigenvalue weighted by Gasteiger charge is -2.32. The average molecular weight is 392 g/mol. The van der Waals surface area contributed by atoms with Gasteiger partial charge in [0.1, 0.15) is 5.82 Å². The van der Waals surface area contributed by atoms with Gasteiger partial charge in [-0.1, -0.05) is 24.3 Å². The maximum absolute atomic E-state index is 13.4. The number of quaternary nitrogens is 1. The molecule has 0 aliphatic carbocycles. The standard InChI is InChI=1S/C19H22FN3O3S/c1-21(17-7-3-2-4-8-17)19(24)15-22-10-12-23(13-11-22)27(25,26)18-9-5-6-16(20)14-18/h2-9,14H,10-13,15H2,1H3/p+1. The van der Waals surface area contributed by atoms with E-state index in [2.05, 4.69) is 0 Å². The Morgan fingerprint density at radius 2 is 1.78 bits per heavy atom. The number of amides is 1. The summed E-state index contributed by atoms with van der Waals surface area (Å²) in [5, 5.41) is 0. The van der Waals surface area contributed by atoms with Crippen molar-refractivity contribution in [2.24, 2.45) is 0 Å². The SMILES string of the molecule is CN(C(=O)C[NH+]1CCN(S(=O)(=O)c2cccc(F)c2)CC1)c1ccccc1. The lowest BCUT2D eigenvalue weighted by Crippen LogP contribution is -3.15. The minimum Gasteiger partial charge on any atom is -0.325 e. The maximum atomic E-state index is 13.4. The molecule has 27 heavy (non-hydrogen) atoms. The molecule has 6 nitrogen and oxygen atoms in total. The summed E-state index contributed by atoms with van der Waals surface area (Å²) in [7, 11) is -1.97. The Bertz CT molecular complexity index is 897. The lowest BCUT2D eigenvalue weighted by molar-refractivity contribution is -0.895. The van der Waals surface area contributed by atoms with Gasteiger partial charge in [0, 0.05) is 12.7 Å². The highest BCUT2D eigenvalue weighted by atomic mass is 32.2. The summed E-state index contributed by atoms with van der Waals surface area (Å²) in [6.07, 6.45) is 0. The summed E-state index contributed by atoms with van der Waals surface area (Å²) in [6, 6.07) is 14.4. The van der Waals surface area contributed by atoms with Crippen molar-refractivity contribution in [1.82, 2.24) is 4.31 Å². The van der Waals surface area contributed by atoms with Crippen LogP contribution in [0.1, 0.15) is 0 Å². The van der Waals surface area contributed by atoms with Crippen molar-refractivity contribution in [2.75, 3.05) is 44.7 Å². The molecule has 1 fully saturated rings. The summed E-state index contributed by atoms with van der Waals surface area (Å²) in [6.45, 7) is 1.97. The summed E-state index contributed by atoms with van der Waals surface area (Å²) in [4.78, 5) is 15.1. The molecule has 0 bridgehead atoms. The van der Waals surface area contributed by atoms with Crippen molar-refractivity contribution in [2.45, 2.75) is 4.90 Å². The van der Waals surface area contributed by atoms with E-state index in [9.17, 15) is 17.6 Å². The molecular formula is C19H23FN3O3S+. The van der Waals surface area contributed by atoms with Gasteiger partial charge >= 0.3 is 0 Å². The van der Waals surface area contributed by atoms with Gasteiger partial charge in [0.05, 0.1) is 31.1 Å². The molecule has 0 radical (unpaired) electrons. The normalized spacial score (nSPS) is 16.2. The van der Waals surface area contributed by atoms with Crippen LogP contribution in [0.25, 0.3) is 0 Å². The molecule has 0 unspecified atom stereocenters. The predicted octanol–water partition coefficient (Wildman–Crippen LogP) is 0.378. The molecule has 0 atom stereocenters. The third-order valence-corrected chi connectivity index (χ3v) is 6.68. The van der Waals surface area contributed by atoms with Crippen LogP contribution in [0, 0.1) is 5.82 Å². The van der Waals surface area contributed by atoms with Crippen molar-refractivity contribution in [3.63, 3.8) is 0 Å². The molecule has 2 aromatic rings. The number of nitrogens with zero attached hydrogens (tertiary/aromatic N) is 2. The van der Waals surface area contributed by atoms with Gasteiger partial charge in [-0.25, -0.2) is 12.8 Å². The number of likely N-dealkylation sites (N-methyl/N-ethyl adjacent to an activating group) is 1. The fourth-order valence-corrected chi connectivity index (χ4v) is 4.60. The second kappa shape index (κ2) is 8.16. The van der Waals surface area contributed by atoms with E-state index in [1.165, 1.54) is 22.5 Å². The highest BCUT2D eigenvalue weighted by Gasteiger charge is 2.31. The van der Waals surface area contributed by atoms with Gasteiger partial charge in [0.2, 0.25) is 10.0 Å². The van der Waals surface area contributed by atoms with Crippen LogP contribution < -0.4 is 9.80 Å². The lowest BCUT2D eigenvalue weighted by atomic mass is 10.3. The molecule has 1 aliphatic heterocycles. The Morgan fingerprint density at radius 3 is 2.41 bits per heavy atom. The third kappa shape index (κ3) is 4.52. The van der Waals surface area contributed by atoms with Crippen LogP contribution in [0.3, 0.4) is 0 Å². The van der Waals surface area contributed by atoms with Gasteiger partial charge in [0.25, 0.3) is 5.91 Å². The zero-order valence-electron chi connectivity index (χ0n) is 15.1. The van der Waals surface area contributed by atoms with E-state index in [0.29, 0.717) is 32.7 Å². The molecule has 2 aromatic carbocycles. The number of hydrogen-bond acceptors (Lipinski definition) is 3. The Labute approximate surface area is 158 Å². The van der Waals surface area contributed by atoms with Gasteiger partial charge in [-0.05, 0) is 30.3 Å². The Morgan fingerprint density at radius 1 is 1.11 bits per heavy atom. The number of carbonyl (C=O) groups excluding carboxylic acids is 1. The fraction of sp³-hybridized carbons (Fsp3) is 0.316. The van der Waals surface area contributed by atoms with Crippen molar-refractivity contribution >= 4 is 21.6 Å². The first-order valence-electron chi connectivity index (χ1n) is 8.79. The first-order chi connectivity index (χ1) is 12.9. The average Bonchev–Trinajstić information content (AvgIpc) is 2.68. The molecule has 0 aromatic heterocycles. The van der Waals surface area contributed by atoms with Crippen molar-refractivity contribution < 1.29 is 22.5 Å². The number of para-hydroxylation sites is 1.